The highest BCUT2D eigenvalue weighted by molar-refractivity contribution is 7.13. The highest BCUT2D eigenvalue weighted by atomic mass is 32.1. The minimum atomic E-state index is -0.00941. The van der Waals surface area contributed by atoms with Gasteiger partial charge >= 0.3 is 0 Å². The minimum Gasteiger partial charge on any atom is -0.341 e. The topological polar surface area (TPSA) is 67.2 Å². The van der Waals surface area contributed by atoms with Crippen molar-refractivity contribution in [2.75, 3.05) is 26.2 Å². The number of carbonyl (C=O) groups excluding carboxylic acids is 1. The Hall–Kier alpha value is -3.62. The van der Waals surface area contributed by atoms with Crippen LogP contribution in [0.1, 0.15) is 23.0 Å². The Morgan fingerprint density at radius 3 is 2.63 bits per heavy atom. The number of aromatic nitrogens is 4. The standard InChI is InChI=1S/C27H26N6OS/c1-2-33-24-6-4-3-5-20(24)21-15-19(7-8-25(21)33)17-31-11-13-32(14-12-31)27(34)23-18-35-26(30-23)22-16-28-9-10-29-22/h3-10,15-16,18H,2,11-14,17H2,1H3. The average molecular weight is 483 g/mol. The Kier molecular flexibility index (Phi) is 5.75. The zero-order valence-corrected chi connectivity index (χ0v) is 20.4. The Labute approximate surface area is 207 Å². The Balaban J connectivity index is 1.13. The number of rotatable bonds is 5. The molecule has 1 amide bonds. The fourth-order valence-electron chi connectivity index (χ4n) is 4.97. The molecule has 4 heterocycles. The Morgan fingerprint density at radius 1 is 1.00 bits per heavy atom. The summed E-state index contributed by atoms with van der Waals surface area (Å²) in [5, 5.41) is 5.17. The van der Waals surface area contributed by atoms with Gasteiger partial charge in [0.1, 0.15) is 16.4 Å². The van der Waals surface area contributed by atoms with Gasteiger partial charge in [0.2, 0.25) is 0 Å². The van der Waals surface area contributed by atoms with E-state index in [-0.39, 0.29) is 5.91 Å². The number of benzene rings is 2. The van der Waals surface area contributed by atoms with Crippen molar-refractivity contribution in [1.29, 1.82) is 0 Å². The molecule has 0 spiro atoms. The third kappa shape index (κ3) is 4.09. The fourth-order valence-corrected chi connectivity index (χ4v) is 5.72. The van der Waals surface area contributed by atoms with Crippen LogP contribution < -0.4 is 0 Å². The van der Waals surface area contributed by atoms with Gasteiger partial charge in [-0.25, -0.2) is 4.98 Å². The lowest BCUT2D eigenvalue weighted by Crippen LogP contribution is -2.48. The molecule has 6 rings (SSSR count). The molecule has 176 valence electrons. The molecule has 0 unspecified atom stereocenters. The van der Waals surface area contributed by atoms with E-state index in [1.165, 1.54) is 38.7 Å². The number of nitrogens with zero attached hydrogens (tertiary/aromatic N) is 6. The van der Waals surface area contributed by atoms with Crippen molar-refractivity contribution in [2.45, 2.75) is 20.0 Å². The van der Waals surface area contributed by atoms with Gasteiger partial charge in [-0.1, -0.05) is 24.3 Å². The van der Waals surface area contributed by atoms with E-state index in [9.17, 15) is 4.79 Å². The van der Waals surface area contributed by atoms with Crippen LogP contribution in [0.15, 0.2) is 66.4 Å². The van der Waals surface area contributed by atoms with Crippen LogP contribution in [-0.2, 0) is 13.1 Å². The second-order valence-corrected chi connectivity index (χ2v) is 9.67. The maximum Gasteiger partial charge on any atom is 0.273 e. The first-order chi connectivity index (χ1) is 17.2. The molecular formula is C27H26N6OS. The van der Waals surface area contributed by atoms with Gasteiger partial charge in [0.15, 0.2) is 0 Å². The number of hydrogen-bond acceptors (Lipinski definition) is 6. The molecule has 1 aliphatic rings. The molecule has 1 saturated heterocycles. The van der Waals surface area contributed by atoms with Gasteiger partial charge in [0.05, 0.1) is 6.20 Å². The van der Waals surface area contributed by atoms with E-state index in [1.54, 1.807) is 18.6 Å². The fraction of sp³-hybridized carbons (Fsp3) is 0.259. The third-order valence-corrected chi connectivity index (χ3v) is 7.59. The quantitative estimate of drug-likeness (QED) is 0.364. The molecule has 7 nitrogen and oxygen atoms in total. The van der Waals surface area contributed by atoms with Gasteiger partial charge in [-0.05, 0) is 30.7 Å². The lowest BCUT2D eigenvalue weighted by atomic mass is 10.1. The summed E-state index contributed by atoms with van der Waals surface area (Å²) in [5.41, 5.74) is 5.07. The molecule has 2 aromatic carbocycles. The lowest BCUT2D eigenvalue weighted by molar-refractivity contribution is 0.0623. The SMILES string of the molecule is CCn1c2ccccc2c2cc(CN3CCN(C(=O)c4csc(-c5cnccn5)n4)CC3)ccc21. The van der Waals surface area contributed by atoms with Crippen LogP contribution in [0.25, 0.3) is 32.5 Å². The zero-order valence-electron chi connectivity index (χ0n) is 19.6. The van der Waals surface area contributed by atoms with Crippen LogP contribution in [-0.4, -0.2) is 61.4 Å². The zero-order chi connectivity index (χ0) is 23.8. The summed E-state index contributed by atoms with van der Waals surface area (Å²) in [6.45, 7) is 7.14. The number of amides is 1. The van der Waals surface area contributed by atoms with Crippen LogP contribution in [0.4, 0.5) is 0 Å². The summed E-state index contributed by atoms with van der Waals surface area (Å²) < 4.78 is 2.38. The normalized spacial score (nSPS) is 14.7. The molecule has 1 fully saturated rings. The van der Waals surface area contributed by atoms with Gasteiger partial charge in [0, 0.05) is 78.8 Å². The maximum absolute atomic E-state index is 13.0. The van der Waals surface area contributed by atoms with E-state index in [4.69, 9.17) is 0 Å². The summed E-state index contributed by atoms with van der Waals surface area (Å²) in [4.78, 5) is 30.2. The summed E-state index contributed by atoms with van der Waals surface area (Å²) in [7, 11) is 0. The van der Waals surface area contributed by atoms with Crippen molar-refractivity contribution in [3.8, 4) is 10.7 Å². The number of thiazole rings is 1. The highest BCUT2D eigenvalue weighted by Crippen LogP contribution is 2.30. The van der Waals surface area contributed by atoms with Crippen LogP contribution >= 0.6 is 11.3 Å². The van der Waals surface area contributed by atoms with Crippen molar-refractivity contribution in [3.05, 3.63) is 77.7 Å². The predicted octanol–water partition coefficient (Wildman–Crippen LogP) is 4.69. The average Bonchev–Trinajstić information content (AvgIpc) is 3.52. The van der Waals surface area contributed by atoms with Crippen LogP contribution in [0, 0.1) is 0 Å². The number of hydrogen-bond donors (Lipinski definition) is 0. The third-order valence-electron chi connectivity index (χ3n) is 6.72. The van der Waals surface area contributed by atoms with Crippen molar-refractivity contribution >= 4 is 39.0 Å². The van der Waals surface area contributed by atoms with E-state index in [0.717, 1.165) is 31.2 Å². The molecule has 3 aromatic heterocycles. The molecule has 35 heavy (non-hydrogen) atoms. The molecular weight excluding hydrogens is 456 g/mol. The summed E-state index contributed by atoms with van der Waals surface area (Å²) in [6, 6.07) is 15.5. The molecule has 0 aliphatic carbocycles. The molecule has 0 N–H and O–H groups in total. The smallest absolute Gasteiger partial charge is 0.273 e. The summed E-state index contributed by atoms with van der Waals surface area (Å²) in [5.74, 6) is -0.00941. The summed E-state index contributed by atoms with van der Waals surface area (Å²) >= 11 is 1.43. The molecule has 0 bridgehead atoms. The van der Waals surface area contributed by atoms with E-state index in [1.807, 2.05) is 10.3 Å². The van der Waals surface area contributed by atoms with Gasteiger partial charge in [-0.15, -0.1) is 11.3 Å². The maximum atomic E-state index is 13.0. The molecule has 8 heteroatoms. The molecule has 0 radical (unpaired) electrons. The van der Waals surface area contributed by atoms with Gasteiger partial charge < -0.3 is 9.47 Å². The van der Waals surface area contributed by atoms with Crippen molar-refractivity contribution < 1.29 is 4.79 Å². The highest BCUT2D eigenvalue weighted by Gasteiger charge is 2.24. The Morgan fingerprint density at radius 2 is 1.83 bits per heavy atom. The first kappa shape index (κ1) is 21.9. The monoisotopic (exact) mass is 482 g/mol. The van der Waals surface area contributed by atoms with Crippen LogP contribution in [0.3, 0.4) is 0 Å². The second kappa shape index (κ2) is 9.20. The summed E-state index contributed by atoms with van der Waals surface area (Å²) in [6.07, 6.45) is 4.93. The number of aryl methyl sites for hydroxylation is 1. The molecule has 5 aromatic rings. The molecule has 1 aliphatic heterocycles. The van der Waals surface area contributed by atoms with Crippen molar-refractivity contribution in [3.63, 3.8) is 0 Å². The van der Waals surface area contributed by atoms with Crippen molar-refractivity contribution in [2.24, 2.45) is 0 Å². The number of fused-ring (bicyclic) bond motifs is 3. The molecule has 0 atom stereocenters. The lowest BCUT2D eigenvalue weighted by Gasteiger charge is -2.34. The minimum absolute atomic E-state index is 0.00941. The number of para-hydroxylation sites is 1. The van der Waals surface area contributed by atoms with Gasteiger partial charge in [0.25, 0.3) is 5.91 Å². The van der Waals surface area contributed by atoms with E-state index in [2.05, 4.69) is 73.8 Å². The van der Waals surface area contributed by atoms with Crippen molar-refractivity contribution in [1.82, 2.24) is 29.3 Å². The number of carbonyl (C=O) groups is 1. The van der Waals surface area contributed by atoms with E-state index in [0.29, 0.717) is 24.5 Å². The van der Waals surface area contributed by atoms with Gasteiger partial charge in [-0.3, -0.25) is 19.7 Å². The van der Waals surface area contributed by atoms with Crippen LogP contribution in [0.5, 0.6) is 0 Å². The first-order valence-electron chi connectivity index (χ1n) is 11.9. The van der Waals surface area contributed by atoms with Crippen LogP contribution in [0.2, 0.25) is 0 Å². The van der Waals surface area contributed by atoms with Gasteiger partial charge in [-0.2, -0.15) is 0 Å². The number of piperazine rings is 1. The molecule has 0 saturated carbocycles. The first-order valence-corrected chi connectivity index (χ1v) is 12.8. The largest absolute Gasteiger partial charge is 0.341 e. The second-order valence-electron chi connectivity index (χ2n) is 8.81. The predicted molar refractivity (Wildman–Crippen MR) is 139 cm³/mol. The van der Waals surface area contributed by atoms with E-state index >= 15 is 0 Å². The van der Waals surface area contributed by atoms with E-state index < -0.39 is 0 Å². The Bertz CT molecular complexity index is 1500.